The Labute approximate surface area is 146 Å². The zero-order valence-corrected chi connectivity index (χ0v) is 15.6. The summed E-state index contributed by atoms with van der Waals surface area (Å²) in [4.78, 5) is 24.6. The van der Waals surface area contributed by atoms with Crippen LogP contribution in [-0.2, 0) is 14.3 Å². The summed E-state index contributed by atoms with van der Waals surface area (Å²) in [6.45, 7) is 6.73. The van der Waals surface area contributed by atoms with Gasteiger partial charge in [0.05, 0.1) is 12.5 Å². The van der Waals surface area contributed by atoms with Gasteiger partial charge in [0, 0.05) is 17.9 Å². The number of hydrogen-bond donors (Lipinski definition) is 1. The number of hydrogen-bond acceptors (Lipinski definition) is 4. The van der Waals surface area contributed by atoms with Crippen molar-refractivity contribution in [2.24, 2.45) is 29.1 Å². The molecule has 24 heavy (non-hydrogen) atoms. The fraction of sp³-hybridized carbons (Fsp3) is 0.900. The number of Topliss-reactive ketones (excluding diaryl/α,β-unsaturated/α-hetero) is 1. The molecule has 2 saturated carbocycles. The van der Waals surface area contributed by atoms with Gasteiger partial charge >= 0.3 is 5.97 Å². The van der Waals surface area contributed by atoms with Gasteiger partial charge in [-0.15, -0.1) is 0 Å². The highest BCUT2D eigenvalue weighted by Gasteiger charge is 2.35. The maximum atomic E-state index is 12.3. The fourth-order valence-corrected chi connectivity index (χ4v) is 4.10. The van der Waals surface area contributed by atoms with E-state index in [0.717, 1.165) is 51.4 Å². The van der Waals surface area contributed by atoms with Crippen molar-refractivity contribution in [2.45, 2.75) is 72.1 Å². The summed E-state index contributed by atoms with van der Waals surface area (Å²) in [5, 5.41) is 9.17. The summed E-state index contributed by atoms with van der Waals surface area (Å²) >= 11 is 0. The largest absolute Gasteiger partial charge is 0.465 e. The Kier molecular flexibility index (Phi) is 6.85. The maximum absolute atomic E-state index is 12.3. The van der Waals surface area contributed by atoms with E-state index in [2.05, 4.69) is 0 Å². The number of carbonyl (C=O) groups is 2. The Morgan fingerprint density at radius 1 is 0.875 bits per heavy atom. The van der Waals surface area contributed by atoms with Crippen molar-refractivity contribution >= 4 is 11.8 Å². The van der Waals surface area contributed by atoms with E-state index in [1.54, 1.807) is 0 Å². The molecule has 0 spiro atoms. The van der Waals surface area contributed by atoms with E-state index in [1.807, 2.05) is 20.8 Å². The number of aliphatic hydroxyl groups excluding tert-OH is 1. The second-order valence-electron chi connectivity index (χ2n) is 8.86. The van der Waals surface area contributed by atoms with Crippen LogP contribution in [0.2, 0.25) is 0 Å². The van der Waals surface area contributed by atoms with Crippen LogP contribution < -0.4 is 0 Å². The average molecular weight is 338 g/mol. The minimum absolute atomic E-state index is 0.0252. The van der Waals surface area contributed by atoms with Crippen molar-refractivity contribution in [2.75, 3.05) is 13.2 Å². The molecule has 2 aliphatic carbocycles. The van der Waals surface area contributed by atoms with E-state index in [9.17, 15) is 9.59 Å². The minimum atomic E-state index is -0.286. The fourth-order valence-electron chi connectivity index (χ4n) is 4.10. The van der Waals surface area contributed by atoms with Crippen LogP contribution in [0.1, 0.15) is 72.1 Å². The van der Waals surface area contributed by atoms with Crippen molar-refractivity contribution in [1.29, 1.82) is 0 Å². The van der Waals surface area contributed by atoms with Gasteiger partial charge in [0.2, 0.25) is 0 Å². The van der Waals surface area contributed by atoms with Crippen molar-refractivity contribution in [3.8, 4) is 0 Å². The number of ketones is 1. The minimum Gasteiger partial charge on any atom is -0.465 e. The lowest BCUT2D eigenvalue weighted by Gasteiger charge is -2.31. The Bertz CT molecular complexity index is 421. The van der Waals surface area contributed by atoms with Crippen molar-refractivity contribution < 1.29 is 19.4 Å². The second-order valence-corrected chi connectivity index (χ2v) is 8.86. The molecule has 0 aromatic carbocycles. The predicted molar refractivity (Wildman–Crippen MR) is 93.4 cm³/mol. The Morgan fingerprint density at radius 2 is 1.38 bits per heavy atom. The molecule has 0 heterocycles. The summed E-state index contributed by atoms with van der Waals surface area (Å²) < 4.78 is 5.57. The summed E-state index contributed by atoms with van der Waals surface area (Å²) in [7, 11) is 0. The average Bonchev–Trinajstić information content (AvgIpc) is 2.58. The maximum Gasteiger partial charge on any atom is 0.308 e. The third-order valence-corrected chi connectivity index (χ3v) is 5.86. The molecular weight excluding hydrogens is 304 g/mol. The van der Waals surface area contributed by atoms with E-state index >= 15 is 0 Å². The molecule has 0 amide bonds. The molecule has 4 heteroatoms. The van der Waals surface area contributed by atoms with Crippen LogP contribution in [0.3, 0.4) is 0 Å². The molecule has 1 N–H and O–H groups in total. The summed E-state index contributed by atoms with van der Waals surface area (Å²) in [6, 6.07) is 0. The lowest BCUT2D eigenvalue weighted by Crippen LogP contribution is -2.33. The van der Waals surface area contributed by atoms with Crippen LogP contribution in [0.25, 0.3) is 0 Å². The van der Waals surface area contributed by atoms with Crippen LogP contribution in [0.4, 0.5) is 0 Å². The molecule has 0 atom stereocenters. The second kappa shape index (κ2) is 8.46. The lowest BCUT2D eigenvalue weighted by molar-refractivity contribution is -0.152. The number of ether oxygens (including phenoxy) is 1. The molecule has 0 radical (unpaired) electrons. The molecule has 4 nitrogen and oxygen atoms in total. The monoisotopic (exact) mass is 338 g/mol. The zero-order valence-electron chi connectivity index (χ0n) is 15.6. The smallest absolute Gasteiger partial charge is 0.308 e. The molecule has 138 valence electrons. The SMILES string of the molecule is CC(C)(C)C(=O)C1CCC(C(=O)OCC2CCC(CO)CC2)CC1. The first-order valence-electron chi connectivity index (χ1n) is 9.63. The van der Waals surface area contributed by atoms with Crippen molar-refractivity contribution in [3.63, 3.8) is 0 Å². The zero-order chi connectivity index (χ0) is 17.7. The van der Waals surface area contributed by atoms with E-state index < -0.39 is 0 Å². The number of rotatable bonds is 5. The predicted octanol–water partition coefficient (Wildman–Crippen LogP) is 3.75. The van der Waals surface area contributed by atoms with Gasteiger partial charge < -0.3 is 9.84 Å². The van der Waals surface area contributed by atoms with Gasteiger partial charge in [-0.1, -0.05) is 20.8 Å². The summed E-state index contributed by atoms with van der Waals surface area (Å²) in [5.74, 6) is 1.24. The Balaban J connectivity index is 1.69. The van der Waals surface area contributed by atoms with Gasteiger partial charge in [0.1, 0.15) is 5.78 Å². The van der Waals surface area contributed by atoms with Gasteiger partial charge in [-0.25, -0.2) is 0 Å². The normalized spacial score (nSPS) is 31.5. The first-order valence-corrected chi connectivity index (χ1v) is 9.63. The molecule has 2 aliphatic rings. The number of esters is 1. The quantitative estimate of drug-likeness (QED) is 0.776. The molecular formula is C20H34O4. The highest BCUT2D eigenvalue weighted by Crippen LogP contribution is 2.35. The van der Waals surface area contributed by atoms with Crippen molar-refractivity contribution in [3.05, 3.63) is 0 Å². The molecule has 0 aromatic heterocycles. The third kappa shape index (κ3) is 5.30. The lowest BCUT2D eigenvalue weighted by atomic mass is 9.73. The molecule has 0 saturated heterocycles. The highest BCUT2D eigenvalue weighted by atomic mass is 16.5. The van der Waals surface area contributed by atoms with E-state index in [-0.39, 0.29) is 29.8 Å². The van der Waals surface area contributed by atoms with E-state index in [0.29, 0.717) is 24.2 Å². The number of aliphatic hydroxyl groups is 1. The topological polar surface area (TPSA) is 63.6 Å². The van der Waals surface area contributed by atoms with Crippen LogP contribution in [0, 0.1) is 29.1 Å². The first kappa shape index (κ1) is 19.4. The van der Waals surface area contributed by atoms with Gasteiger partial charge in [-0.2, -0.15) is 0 Å². The van der Waals surface area contributed by atoms with Crippen LogP contribution in [0.15, 0.2) is 0 Å². The molecule has 0 aromatic rings. The van der Waals surface area contributed by atoms with Crippen molar-refractivity contribution in [1.82, 2.24) is 0 Å². The van der Waals surface area contributed by atoms with Crippen LogP contribution in [-0.4, -0.2) is 30.1 Å². The van der Waals surface area contributed by atoms with Gasteiger partial charge in [-0.05, 0) is 63.2 Å². The molecule has 2 rings (SSSR count). The van der Waals surface area contributed by atoms with Crippen LogP contribution in [0.5, 0.6) is 0 Å². The van der Waals surface area contributed by atoms with E-state index in [1.165, 1.54) is 0 Å². The third-order valence-electron chi connectivity index (χ3n) is 5.86. The summed E-state index contributed by atoms with van der Waals surface area (Å²) in [6.07, 6.45) is 7.37. The number of carbonyl (C=O) groups excluding carboxylic acids is 2. The standard InChI is InChI=1S/C20H34O4/c1-20(2,3)18(22)16-8-10-17(11-9-16)19(23)24-13-15-6-4-14(12-21)5-7-15/h14-17,21H,4-13H2,1-3H3. The molecule has 0 bridgehead atoms. The first-order chi connectivity index (χ1) is 11.3. The molecule has 0 unspecified atom stereocenters. The Morgan fingerprint density at radius 3 is 1.88 bits per heavy atom. The van der Waals surface area contributed by atoms with Crippen LogP contribution >= 0.6 is 0 Å². The van der Waals surface area contributed by atoms with E-state index in [4.69, 9.17) is 9.84 Å². The van der Waals surface area contributed by atoms with Gasteiger partial charge in [-0.3, -0.25) is 9.59 Å². The molecule has 2 fully saturated rings. The molecule has 0 aliphatic heterocycles. The summed E-state index contributed by atoms with van der Waals surface area (Å²) in [5.41, 5.74) is -0.286. The van der Waals surface area contributed by atoms with Gasteiger partial charge in [0.15, 0.2) is 0 Å². The highest BCUT2D eigenvalue weighted by molar-refractivity contribution is 5.86. The van der Waals surface area contributed by atoms with Gasteiger partial charge in [0.25, 0.3) is 0 Å². The Hall–Kier alpha value is -0.900.